The molecule has 8 heteroatoms. The number of β-amino-alcohol motifs (C(OH)–C–C–N with tert-alkyl or cyclic N) is 1. The van der Waals surface area contributed by atoms with Crippen molar-refractivity contribution < 1.29 is 23.8 Å². The maximum absolute atomic E-state index is 13.4. The van der Waals surface area contributed by atoms with Crippen LogP contribution < -0.4 is 14.8 Å². The number of hydrogen-bond acceptors (Lipinski definition) is 5. The number of rotatable bonds is 8. The normalized spacial score (nSPS) is 17.7. The van der Waals surface area contributed by atoms with Crippen LogP contribution in [0.25, 0.3) is 0 Å². The highest BCUT2D eigenvalue weighted by molar-refractivity contribution is 6.30. The van der Waals surface area contributed by atoms with Gasteiger partial charge in [0.2, 0.25) is 5.91 Å². The molecule has 2 N–H and O–H groups in total. The minimum atomic E-state index is -0.737. The first-order chi connectivity index (χ1) is 13.9. The van der Waals surface area contributed by atoms with Crippen LogP contribution in [0.15, 0.2) is 42.5 Å². The smallest absolute Gasteiger partial charge is 0.221 e. The first-order valence-corrected chi connectivity index (χ1v) is 9.79. The van der Waals surface area contributed by atoms with Gasteiger partial charge in [-0.2, -0.15) is 0 Å². The zero-order valence-electron chi connectivity index (χ0n) is 16.1. The molecule has 0 bridgehead atoms. The number of aliphatic hydroxyl groups excluding tert-OH is 1. The lowest BCUT2D eigenvalue weighted by Crippen LogP contribution is -2.35. The third-order valence-corrected chi connectivity index (χ3v) is 4.75. The van der Waals surface area contributed by atoms with E-state index in [4.69, 9.17) is 21.1 Å². The fraction of sp³-hybridized carbons (Fsp3) is 0.381. The van der Waals surface area contributed by atoms with Crippen LogP contribution in [0.3, 0.4) is 0 Å². The number of hydrogen-bond donors (Lipinski definition) is 2. The monoisotopic (exact) mass is 422 g/mol. The summed E-state index contributed by atoms with van der Waals surface area (Å²) in [6.07, 6.45) is 0.174. The Morgan fingerprint density at radius 3 is 2.83 bits per heavy atom. The van der Waals surface area contributed by atoms with Gasteiger partial charge in [-0.1, -0.05) is 11.6 Å². The molecule has 1 saturated heterocycles. The highest BCUT2D eigenvalue weighted by atomic mass is 35.5. The van der Waals surface area contributed by atoms with Crippen LogP contribution in [-0.4, -0.2) is 54.4 Å². The molecule has 1 amide bonds. The van der Waals surface area contributed by atoms with Crippen LogP contribution in [0.5, 0.6) is 11.5 Å². The molecule has 0 saturated carbocycles. The first-order valence-electron chi connectivity index (χ1n) is 9.41. The Morgan fingerprint density at radius 1 is 1.34 bits per heavy atom. The van der Waals surface area contributed by atoms with Crippen LogP contribution in [-0.2, 0) is 4.79 Å². The molecule has 1 heterocycles. The van der Waals surface area contributed by atoms with E-state index >= 15 is 0 Å². The second kappa shape index (κ2) is 9.91. The molecule has 2 atom stereocenters. The molecule has 29 heavy (non-hydrogen) atoms. The Kier molecular flexibility index (Phi) is 7.30. The summed E-state index contributed by atoms with van der Waals surface area (Å²) in [7, 11) is 0. The summed E-state index contributed by atoms with van der Waals surface area (Å²) < 4.78 is 24.9. The number of ether oxygens (including phenoxy) is 2. The Labute approximate surface area is 174 Å². The van der Waals surface area contributed by atoms with E-state index < -0.39 is 11.9 Å². The van der Waals surface area contributed by atoms with Crippen molar-refractivity contribution in [3.8, 4) is 11.5 Å². The Hall–Kier alpha value is -2.35. The van der Waals surface area contributed by atoms with Crippen LogP contribution in [0, 0.1) is 5.82 Å². The predicted molar refractivity (Wildman–Crippen MR) is 109 cm³/mol. The van der Waals surface area contributed by atoms with Gasteiger partial charge in [0, 0.05) is 37.6 Å². The molecule has 1 aliphatic rings. The number of nitrogens with one attached hydrogen (secondary N) is 1. The van der Waals surface area contributed by atoms with Crippen molar-refractivity contribution in [2.75, 3.05) is 31.6 Å². The topological polar surface area (TPSA) is 71.0 Å². The van der Waals surface area contributed by atoms with E-state index in [2.05, 4.69) is 10.2 Å². The molecule has 2 unspecified atom stereocenters. The van der Waals surface area contributed by atoms with Crippen molar-refractivity contribution in [2.24, 2.45) is 0 Å². The lowest BCUT2D eigenvalue weighted by Gasteiger charge is -2.21. The molecule has 6 nitrogen and oxygen atoms in total. The molecule has 3 rings (SSSR count). The third kappa shape index (κ3) is 6.59. The van der Waals surface area contributed by atoms with Gasteiger partial charge >= 0.3 is 0 Å². The maximum atomic E-state index is 13.4. The maximum Gasteiger partial charge on any atom is 0.221 e. The van der Waals surface area contributed by atoms with E-state index in [1.165, 1.54) is 25.1 Å². The molecule has 0 spiro atoms. The minimum Gasteiger partial charge on any atom is -0.489 e. The van der Waals surface area contributed by atoms with Gasteiger partial charge in [-0.15, -0.1) is 0 Å². The Balaban J connectivity index is 1.46. The van der Waals surface area contributed by atoms with E-state index in [0.29, 0.717) is 23.9 Å². The number of amides is 1. The summed E-state index contributed by atoms with van der Waals surface area (Å²) >= 11 is 5.88. The second-order valence-electron chi connectivity index (χ2n) is 7.03. The second-order valence-corrected chi connectivity index (χ2v) is 7.46. The molecule has 2 aromatic rings. The third-order valence-electron chi connectivity index (χ3n) is 4.50. The van der Waals surface area contributed by atoms with Crippen molar-refractivity contribution in [2.45, 2.75) is 25.6 Å². The first kappa shape index (κ1) is 21.4. The van der Waals surface area contributed by atoms with Crippen LogP contribution >= 0.6 is 11.6 Å². The fourth-order valence-electron chi connectivity index (χ4n) is 3.22. The van der Waals surface area contributed by atoms with E-state index in [1.807, 2.05) is 12.1 Å². The number of carbonyl (C=O) groups excluding carboxylic acids is 1. The molecule has 2 aromatic carbocycles. The number of aliphatic hydroxyl groups is 1. The lowest BCUT2D eigenvalue weighted by molar-refractivity contribution is -0.114. The van der Waals surface area contributed by atoms with Gasteiger partial charge in [0.1, 0.15) is 36.1 Å². The Bertz CT molecular complexity index is 834. The van der Waals surface area contributed by atoms with Crippen molar-refractivity contribution in [3.05, 3.63) is 53.3 Å². The highest BCUT2D eigenvalue weighted by Crippen LogP contribution is 2.26. The zero-order chi connectivity index (χ0) is 20.8. The summed E-state index contributed by atoms with van der Waals surface area (Å²) in [6, 6.07) is 11.1. The quantitative estimate of drug-likeness (QED) is 0.682. The number of nitrogens with zero attached hydrogens (tertiary/aromatic N) is 1. The van der Waals surface area contributed by atoms with Gasteiger partial charge in [-0.05, 0) is 42.8 Å². The predicted octanol–water partition coefficient (Wildman–Crippen LogP) is 3.33. The fourth-order valence-corrected chi connectivity index (χ4v) is 3.34. The van der Waals surface area contributed by atoms with Crippen LogP contribution in [0.2, 0.25) is 5.02 Å². The molecule has 156 valence electrons. The standard InChI is InChI=1S/C21H24ClFN2O4/c1-14(26)24-20-10-16(23)4-7-21(20)28-13-17(27)11-25-9-8-19(12-25)29-18-5-2-15(22)3-6-18/h2-7,10,17,19,27H,8-9,11-13H2,1H3,(H,24,26). The largest absolute Gasteiger partial charge is 0.489 e. The summed E-state index contributed by atoms with van der Waals surface area (Å²) in [6.45, 7) is 3.30. The molecule has 1 fully saturated rings. The van der Waals surface area contributed by atoms with Gasteiger partial charge in [-0.3, -0.25) is 9.69 Å². The number of halogens is 2. The molecular formula is C21H24ClFN2O4. The van der Waals surface area contributed by atoms with Crippen molar-refractivity contribution in [3.63, 3.8) is 0 Å². The van der Waals surface area contributed by atoms with E-state index in [-0.39, 0.29) is 24.3 Å². The van der Waals surface area contributed by atoms with Gasteiger partial charge in [0.15, 0.2) is 0 Å². The van der Waals surface area contributed by atoms with Gasteiger partial charge in [0.05, 0.1) is 5.69 Å². The minimum absolute atomic E-state index is 0.0252. The molecule has 0 aliphatic carbocycles. The summed E-state index contributed by atoms with van der Waals surface area (Å²) in [5.74, 6) is 0.271. The van der Waals surface area contributed by atoms with E-state index in [0.717, 1.165) is 18.7 Å². The van der Waals surface area contributed by atoms with Gasteiger partial charge in [0.25, 0.3) is 0 Å². The van der Waals surface area contributed by atoms with Crippen molar-refractivity contribution in [1.29, 1.82) is 0 Å². The van der Waals surface area contributed by atoms with E-state index in [1.54, 1.807) is 12.1 Å². The number of anilines is 1. The molecule has 0 aromatic heterocycles. The summed E-state index contributed by atoms with van der Waals surface area (Å²) in [5.41, 5.74) is 0.238. The average molecular weight is 423 g/mol. The van der Waals surface area contributed by atoms with Crippen molar-refractivity contribution >= 4 is 23.2 Å². The average Bonchev–Trinajstić information content (AvgIpc) is 3.09. The summed E-state index contributed by atoms with van der Waals surface area (Å²) in [4.78, 5) is 13.4. The number of likely N-dealkylation sites (tertiary alicyclic amines) is 1. The Morgan fingerprint density at radius 2 is 2.10 bits per heavy atom. The zero-order valence-corrected chi connectivity index (χ0v) is 16.9. The molecular weight excluding hydrogens is 399 g/mol. The number of benzene rings is 2. The van der Waals surface area contributed by atoms with Gasteiger partial charge in [-0.25, -0.2) is 4.39 Å². The van der Waals surface area contributed by atoms with Crippen LogP contribution in [0.4, 0.5) is 10.1 Å². The molecule has 1 aliphatic heterocycles. The van der Waals surface area contributed by atoms with E-state index in [9.17, 15) is 14.3 Å². The lowest BCUT2D eigenvalue weighted by atomic mass is 10.2. The molecule has 0 radical (unpaired) electrons. The van der Waals surface area contributed by atoms with Crippen LogP contribution in [0.1, 0.15) is 13.3 Å². The SMILES string of the molecule is CC(=O)Nc1cc(F)ccc1OCC(O)CN1CCC(Oc2ccc(Cl)cc2)C1. The highest BCUT2D eigenvalue weighted by Gasteiger charge is 2.26. The number of carbonyl (C=O) groups is 1. The van der Waals surface area contributed by atoms with Gasteiger partial charge < -0.3 is 19.9 Å². The summed E-state index contributed by atoms with van der Waals surface area (Å²) in [5, 5.41) is 13.5. The van der Waals surface area contributed by atoms with Crippen molar-refractivity contribution in [1.82, 2.24) is 4.90 Å².